The molecule has 1 fully saturated rings. The average molecular weight is 974 g/mol. The predicted octanol–water partition coefficient (Wildman–Crippen LogP) is -0.324. The van der Waals surface area contributed by atoms with Gasteiger partial charge in [0.2, 0.25) is 17.6 Å². The summed E-state index contributed by atoms with van der Waals surface area (Å²) in [5.41, 5.74) is 0.875. The van der Waals surface area contributed by atoms with Gasteiger partial charge in [-0.3, -0.25) is 39.0 Å². The number of esters is 1. The molecule has 4 amide bonds. The molecule has 3 rings (SSSR count). The van der Waals surface area contributed by atoms with Crippen LogP contribution in [0.3, 0.4) is 0 Å². The van der Waals surface area contributed by atoms with Gasteiger partial charge in [0.05, 0.1) is 176 Å². The van der Waals surface area contributed by atoms with Crippen molar-refractivity contribution in [1.29, 1.82) is 0 Å². The zero-order chi connectivity index (χ0) is 48.9. The fourth-order valence-corrected chi connectivity index (χ4v) is 6.05. The smallest absolute Gasteiger partial charge is 0.372 e. The molecule has 1 unspecified atom stereocenters. The van der Waals surface area contributed by atoms with Gasteiger partial charge in [-0.1, -0.05) is 6.07 Å². The molecule has 3 N–H and O–H groups in total. The Bertz CT molecular complexity index is 1650. The highest BCUT2D eigenvalue weighted by Gasteiger charge is 2.45. The number of ether oxygens (including phenoxy) is 13. The second-order valence-corrected chi connectivity index (χ2v) is 14.4. The Morgan fingerprint density at radius 3 is 1.34 bits per heavy atom. The summed E-state index contributed by atoms with van der Waals surface area (Å²) in [6, 6.07) is 3.87. The summed E-state index contributed by atoms with van der Waals surface area (Å²) in [6.07, 6.45) is -0.534. The number of imide groups is 2. The van der Waals surface area contributed by atoms with E-state index in [2.05, 4.69) is 10.6 Å². The summed E-state index contributed by atoms with van der Waals surface area (Å²) in [5, 5.41) is 13.8. The first-order chi connectivity index (χ1) is 33.2. The van der Waals surface area contributed by atoms with E-state index >= 15 is 0 Å². The molecule has 2 heterocycles. The predicted molar refractivity (Wildman–Crippen MR) is 234 cm³/mol. The zero-order valence-electron chi connectivity index (χ0n) is 38.6. The largest absolute Gasteiger partial charge is 0.476 e. The molecule has 68 heavy (non-hydrogen) atoms. The third kappa shape index (κ3) is 25.2. The van der Waals surface area contributed by atoms with Gasteiger partial charge in [0, 0.05) is 25.1 Å². The van der Waals surface area contributed by atoms with Crippen molar-refractivity contribution in [3.8, 4) is 0 Å². The normalized spacial score (nSPS) is 14.6. The minimum atomic E-state index is -1.57. The summed E-state index contributed by atoms with van der Waals surface area (Å²) in [4.78, 5) is 83.7. The van der Waals surface area contributed by atoms with Gasteiger partial charge in [0.1, 0.15) is 12.6 Å². The van der Waals surface area contributed by atoms with Crippen molar-refractivity contribution in [3.05, 3.63) is 29.3 Å². The molecule has 2 aliphatic rings. The van der Waals surface area contributed by atoms with Crippen molar-refractivity contribution in [2.45, 2.75) is 31.7 Å². The molecule has 0 spiro atoms. The zero-order valence-corrected chi connectivity index (χ0v) is 38.6. The number of anilines is 1. The van der Waals surface area contributed by atoms with E-state index in [1.54, 1.807) is 18.2 Å². The van der Waals surface area contributed by atoms with Crippen LogP contribution in [0.2, 0.25) is 0 Å². The number of hydrogen-bond donors (Lipinski definition) is 3. The summed E-state index contributed by atoms with van der Waals surface area (Å²) >= 11 is 0. The third-order valence-electron chi connectivity index (χ3n) is 9.41. The Morgan fingerprint density at radius 1 is 0.544 bits per heavy atom. The molecular formula is C44H67N3O21. The molecule has 0 bridgehead atoms. The molecule has 24 heteroatoms. The average Bonchev–Trinajstić information content (AvgIpc) is 3.58. The number of aliphatic carboxylic acids is 1. The maximum absolute atomic E-state index is 13.2. The Morgan fingerprint density at radius 2 is 0.941 bits per heavy atom. The number of Topliss-reactive ketones (excluding diaryl/α,β-unsaturated/α-hetero) is 1. The lowest BCUT2D eigenvalue weighted by atomic mass is 10.0. The van der Waals surface area contributed by atoms with Gasteiger partial charge in [-0.2, -0.15) is 0 Å². The van der Waals surface area contributed by atoms with Crippen molar-refractivity contribution in [1.82, 2.24) is 10.2 Å². The van der Waals surface area contributed by atoms with Crippen molar-refractivity contribution >= 4 is 47.0 Å². The van der Waals surface area contributed by atoms with Crippen molar-refractivity contribution in [3.63, 3.8) is 0 Å². The van der Waals surface area contributed by atoms with Gasteiger partial charge >= 0.3 is 11.9 Å². The number of amides is 4. The number of ketones is 1. The highest BCUT2D eigenvalue weighted by molar-refractivity contribution is 6.32. The van der Waals surface area contributed by atoms with Crippen LogP contribution in [0, 0.1) is 0 Å². The van der Waals surface area contributed by atoms with Crippen LogP contribution in [0.25, 0.3) is 0 Å². The minimum Gasteiger partial charge on any atom is -0.476 e. The number of carbonyl (C=O) groups excluding carboxylic acids is 6. The quantitative estimate of drug-likeness (QED) is 0.0327. The van der Waals surface area contributed by atoms with Crippen LogP contribution in [0.15, 0.2) is 18.2 Å². The lowest BCUT2D eigenvalue weighted by Crippen LogP contribution is -2.54. The lowest BCUT2D eigenvalue weighted by molar-refractivity contribution is -0.151. The summed E-state index contributed by atoms with van der Waals surface area (Å²) in [6.45, 7) is 9.91. The number of piperidine rings is 1. The van der Waals surface area contributed by atoms with E-state index in [4.69, 9.17) is 66.7 Å². The number of rotatable bonds is 45. The van der Waals surface area contributed by atoms with Gasteiger partial charge in [-0.25, -0.2) is 4.79 Å². The molecule has 0 saturated carbocycles. The monoisotopic (exact) mass is 973 g/mol. The molecule has 0 aliphatic carbocycles. The molecule has 1 aromatic carbocycles. The highest BCUT2D eigenvalue weighted by Crippen LogP contribution is 2.32. The van der Waals surface area contributed by atoms with Crippen LogP contribution in [0.1, 0.15) is 46.4 Å². The Labute approximate surface area is 395 Å². The summed E-state index contributed by atoms with van der Waals surface area (Å²) < 4.78 is 70.4. The van der Waals surface area contributed by atoms with Crippen LogP contribution < -0.4 is 10.6 Å². The van der Waals surface area contributed by atoms with E-state index in [9.17, 15) is 33.6 Å². The van der Waals surface area contributed by atoms with Gasteiger partial charge in [-0.05, 0) is 18.6 Å². The number of nitrogens with one attached hydrogen (secondary N) is 2. The second-order valence-electron chi connectivity index (χ2n) is 14.4. The number of fused-ring (bicyclic) bond motifs is 1. The molecule has 24 nitrogen and oxygen atoms in total. The van der Waals surface area contributed by atoms with Crippen LogP contribution >= 0.6 is 0 Å². The van der Waals surface area contributed by atoms with E-state index in [1.807, 2.05) is 0 Å². The van der Waals surface area contributed by atoms with Gasteiger partial charge in [0.15, 0.2) is 0 Å². The Balaban J connectivity index is 0.947. The molecule has 1 aromatic rings. The first kappa shape index (κ1) is 57.7. The number of nitrogens with zero attached hydrogens (tertiary/aromatic N) is 1. The third-order valence-corrected chi connectivity index (χ3v) is 9.41. The van der Waals surface area contributed by atoms with Gasteiger partial charge in [-0.15, -0.1) is 0 Å². The molecule has 2 aliphatic heterocycles. The van der Waals surface area contributed by atoms with Gasteiger partial charge < -0.3 is 72.0 Å². The molecule has 0 aromatic heterocycles. The molecule has 1 atom stereocenters. The summed E-state index contributed by atoms with van der Waals surface area (Å²) in [7, 11) is 0. The number of carboxylic acid groups (broad SMARTS) is 1. The first-order valence-corrected chi connectivity index (χ1v) is 22.6. The van der Waals surface area contributed by atoms with Crippen LogP contribution in [0.4, 0.5) is 5.69 Å². The van der Waals surface area contributed by atoms with E-state index in [0.29, 0.717) is 164 Å². The van der Waals surface area contributed by atoms with Crippen molar-refractivity contribution < 1.29 is 100 Å². The topological polar surface area (TPSA) is 287 Å². The SMILES string of the molecule is O=C1CCC(N2C(=O)c3cccc(NCCOCCOCCOCCOCCOCCOCCOCCOCCOCCOCCOCCOCCOC(=O)CCC(=O)C(=O)O)c3C2=O)C(=O)N1. The maximum Gasteiger partial charge on any atom is 0.372 e. The highest BCUT2D eigenvalue weighted by atomic mass is 16.6. The van der Waals surface area contributed by atoms with Crippen LogP contribution in [-0.2, 0) is 85.6 Å². The van der Waals surface area contributed by atoms with Gasteiger partial charge in [0.25, 0.3) is 11.8 Å². The van der Waals surface area contributed by atoms with E-state index in [-0.39, 0.29) is 43.6 Å². The van der Waals surface area contributed by atoms with E-state index in [0.717, 1.165) is 4.90 Å². The first-order valence-electron chi connectivity index (χ1n) is 22.6. The minimum absolute atomic E-state index is 0.000175. The standard InChI is InChI=1S/C44H67N3O21/c48-37(44(54)55)5-7-39(50)68-33-32-67-31-30-66-29-28-65-27-26-64-25-24-63-23-22-62-21-20-61-19-18-60-17-16-59-15-14-58-13-12-57-11-10-56-9-8-45-35-3-1-2-34-40(35)43(53)47(42(34)52)36-4-6-38(49)46-41(36)51/h1-3,36,45H,4-33H2,(H,54,55)(H,46,49,51). The van der Waals surface area contributed by atoms with Crippen LogP contribution in [0.5, 0.6) is 0 Å². The van der Waals surface area contributed by atoms with Crippen LogP contribution in [-0.4, -0.2) is 229 Å². The fourth-order valence-electron chi connectivity index (χ4n) is 6.05. The number of hydrogen-bond acceptors (Lipinski definition) is 21. The molecule has 384 valence electrons. The molecule has 1 saturated heterocycles. The number of carboxylic acids is 1. The van der Waals surface area contributed by atoms with Crippen molar-refractivity contribution in [2.24, 2.45) is 0 Å². The lowest BCUT2D eigenvalue weighted by Gasteiger charge is -2.27. The fraction of sp³-hybridized carbons (Fsp3) is 0.705. The second kappa shape index (κ2) is 37.3. The molecular weight excluding hydrogens is 906 g/mol. The Hall–Kier alpha value is -4.57. The van der Waals surface area contributed by atoms with E-state index < -0.39 is 53.8 Å². The molecule has 0 radical (unpaired) electrons. The van der Waals surface area contributed by atoms with E-state index in [1.165, 1.54) is 0 Å². The van der Waals surface area contributed by atoms with Crippen molar-refractivity contribution in [2.75, 3.05) is 177 Å². The number of benzene rings is 1. The number of carbonyl (C=O) groups is 7. The summed E-state index contributed by atoms with van der Waals surface area (Å²) in [5.74, 6) is -5.47. The Kier molecular flexibility index (Phi) is 31.7. The maximum atomic E-state index is 13.2.